The maximum atomic E-state index is 12.1. The molecule has 0 aromatic carbocycles. The Kier molecular flexibility index (Phi) is 5.13. The molecule has 2 unspecified atom stereocenters. The van der Waals surface area contributed by atoms with Crippen molar-refractivity contribution in [3.8, 4) is 0 Å². The van der Waals surface area contributed by atoms with E-state index in [4.69, 9.17) is 0 Å². The van der Waals surface area contributed by atoms with Crippen LogP contribution in [0.3, 0.4) is 0 Å². The predicted molar refractivity (Wildman–Crippen MR) is 63.7 cm³/mol. The van der Waals surface area contributed by atoms with Crippen LogP contribution < -0.4 is 0 Å². The van der Waals surface area contributed by atoms with E-state index in [1.54, 1.807) is 0 Å². The second-order valence-corrected chi connectivity index (χ2v) is 4.92. The summed E-state index contributed by atoms with van der Waals surface area (Å²) in [4.78, 5) is 14.2. The first kappa shape index (κ1) is 12.5. The van der Waals surface area contributed by atoms with Gasteiger partial charge in [-0.15, -0.1) is 0 Å². The minimum Gasteiger partial charge on any atom is -0.340 e. The number of carbonyl (C=O) groups excluding carboxylic acids is 1. The van der Waals surface area contributed by atoms with Crippen LogP contribution in [-0.2, 0) is 4.79 Å². The third-order valence-electron chi connectivity index (χ3n) is 3.50. The van der Waals surface area contributed by atoms with Crippen molar-refractivity contribution < 1.29 is 4.79 Å². The third-order valence-corrected chi connectivity index (χ3v) is 3.50. The summed E-state index contributed by atoms with van der Waals surface area (Å²) in [7, 11) is 0. The van der Waals surface area contributed by atoms with Crippen LogP contribution in [-0.4, -0.2) is 23.4 Å². The molecule has 1 fully saturated rings. The Morgan fingerprint density at radius 3 is 2.80 bits per heavy atom. The highest BCUT2D eigenvalue weighted by Crippen LogP contribution is 2.20. The van der Waals surface area contributed by atoms with Crippen molar-refractivity contribution in [3.63, 3.8) is 0 Å². The summed E-state index contributed by atoms with van der Waals surface area (Å²) in [5.41, 5.74) is 0. The van der Waals surface area contributed by atoms with E-state index in [1.807, 2.05) is 0 Å². The number of amides is 1. The highest BCUT2D eigenvalue weighted by atomic mass is 16.2. The lowest BCUT2D eigenvalue weighted by atomic mass is 9.98. The number of unbranched alkanes of at least 4 members (excludes halogenated alkanes) is 1. The van der Waals surface area contributed by atoms with Gasteiger partial charge in [0.15, 0.2) is 0 Å². The number of carbonyl (C=O) groups is 1. The van der Waals surface area contributed by atoms with E-state index in [2.05, 4.69) is 25.7 Å². The van der Waals surface area contributed by atoms with Crippen molar-refractivity contribution >= 4 is 5.91 Å². The summed E-state index contributed by atoms with van der Waals surface area (Å²) in [6.07, 6.45) is 7.08. The molecule has 1 saturated heterocycles. The number of nitrogens with zero attached hydrogens (tertiary/aromatic N) is 1. The molecule has 0 aliphatic carbocycles. The van der Waals surface area contributed by atoms with E-state index in [0.717, 1.165) is 13.0 Å². The molecule has 0 N–H and O–H groups in total. The number of piperidine rings is 1. The molecule has 0 aromatic heterocycles. The molecule has 0 bridgehead atoms. The van der Waals surface area contributed by atoms with Gasteiger partial charge in [-0.1, -0.05) is 26.7 Å². The van der Waals surface area contributed by atoms with Crippen LogP contribution in [0.15, 0.2) is 0 Å². The molecule has 0 radical (unpaired) electrons. The topological polar surface area (TPSA) is 20.3 Å². The van der Waals surface area contributed by atoms with Crippen LogP contribution in [0, 0.1) is 5.92 Å². The minimum absolute atomic E-state index is 0.227. The molecule has 0 aromatic rings. The maximum Gasteiger partial charge on any atom is 0.225 e. The molecule has 0 saturated carbocycles. The van der Waals surface area contributed by atoms with E-state index in [1.165, 1.54) is 32.1 Å². The van der Waals surface area contributed by atoms with Crippen LogP contribution in [0.4, 0.5) is 0 Å². The predicted octanol–water partition coefficient (Wildman–Crippen LogP) is 3.21. The first-order valence-electron chi connectivity index (χ1n) is 6.47. The molecule has 88 valence electrons. The monoisotopic (exact) mass is 211 g/mol. The Labute approximate surface area is 94.0 Å². The molecular weight excluding hydrogens is 186 g/mol. The zero-order chi connectivity index (χ0) is 11.3. The van der Waals surface area contributed by atoms with Crippen LogP contribution in [0.25, 0.3) is 0 Å². The average molecular weight is 211 g/mol. The fraction of sp³-hybridized carbons (Fsp3) is 0.923. The minimum atomic E-state index is 0.227. The Balaban J connectivity index is 2.43. The zero-order valence-electron chi connectivity index (χ0n) is 10.5. The van der Waals surface area contributed by atoms with Gasteiger partial charge in [0, 0.05) is 18.5 Å². The van der Waals surface area contributed by atoms with Crippen molar-refractivity contribution in [2.45, 2.75) is 65.3 Å². The lowest BCUT2D eigenvalue weighted by molar-refractivity contribution is -0.138. The van der Waals surface area contributed by atoms with Crippen molar-refractivity contribution in [1.29, 1.82) is 0 Å². The first-order valence-corrected chi connectivity index (χ1v) is 6.47. The van der Waals surface area contributed by atoms with Gasteiger partial charge >= 0.3 is 0 Å². The van der Waals surface area contributed by atoms with E-state index in [9.17, 15) is 4.79 Å². The van der Waals surface area contributed by atoms with Crippen molar-refractivity contribution in [2.75, 3.05) is 6.54 Å². The van der Waals surface area contributed by atoms with Crippen LogP contribution in [0.1, 0.15) is 59.3 Å². The smallest absolute Gasteiger partial charge is 0.225 e. The average Bonchev–Trinajstić information content (AvgIpc) is 2.25. The van der Waals surface area contributed by atoms with Gasteiger partial charge in [0.2, 0.25) is 5.91 Å². The summed E-state index contributed by atoms with van der Waals surface area (Å²) < 4.78 is 0. The Bertz CT molecular complexity index is 203. The molecule has 1 aliphatic heterocycles. The summed E-state index contributed by atoms with van der Waals surface area (Å²) in [5, 5.41) is 0. The molecule has 1 aliphatic rings. The largest absolute Gasteiger partial charge is 0.340 e. The van der Waals surface area contributed by atoms with Gasteiger partial charge in [0.25, 0.3) is 0 Å². The normalized spacial score (nSPS) is 23.9. The van der Waals surface area contributed by atoms with E-state index < -0.39 is 0 Å². The van der Waals surface area contributed by atoms with Gasteiger partial charge in [0.1, 0.15) is 0 Å². The number of likely N-dealkylation sites (tertiary alicyclic amines) is 1. The van der Waals surface area contributed by atoms with Crippen molar-refractivity contribution in [2.24, 2.45) is 5.92 Å². The quantitative estimate of drug-likeness (QED) is 0.699. The molecule has 2 atom stereocenters. The number of hydrogen-bond donors (Lipinski definition) is 0. The molecule has 1 heterocycles. The lowest BCUT2D eigenvalue weighted by Gasteiger charge is -2.35. The number of hydrogen-bond acceptors (Lipinski definition) is 1. The molecule has 2 nitrogen and oxygen atoms in total. The summed E-state index contributed by atoms with van der Waals surface area (Å²) in [5.74, 6) is 0.612. The SMILES string of the molecule is CCCCC(C)C(=O)N1CCCCC1C. The third kappa shape index (κ3) is 3.51. The highest BCUT2D eigenvalue weighted by Gasteiger charge is 2.26. The van der Waals surface area contributed by atoms with Crippen LogP contribution in [0.5, 0.6) is 0 Å². The number of rotatable bonds is 4. The first-order chi connectivity index (χ1) is 7.16. The lowest BCUT2D eigenvalue weighted by Crippen LogP contribution is -2.44. The highest BCUT2D eigenvalue weighted by molar-refractivity contribution is 5.78. The molecule has 1 amide bonds. The fourth-order valence-electron chi connectivity index (χ4n) is 2.34. The van der Waals surface area contributed by atoms with Gasteiger partial charge in [-0.2, -0.15) is 0 Å². The van der Waals surface area contributed by atoms with E-state index in [0.29, 0.717) is 11.9 Å². The second kappa shape index (κ2) is 6.14. The van der Waals surface area contributed by atoms with Crippen LogP contribution in [0.2, 0.25) is 0 Å². The summed E-state index contributed by atoms with van der Waals surface area (Å²) in [6, 6.07) is 0.468. The fourth-order valence-corrected chi connectivity index (χ4v) is 2.34. The molecule has 0 spiro atoms. The molecular formula is C13H25NO. The van der Waals surface area contributed by atoms with Crippen LogP contribution >= 0.6 is 0 Å². The van der Waals surface area contributed by atoms with E-state index in [-0.39, 0.29) is 5.92 Å². The van der Waals surface area contributed by atoms with Gasteiger partial charge < -0.3 is 4.90 Å². The van der Waals surface area contributed by atoms with E-state index >= 15 is 0 Å². The zero-order valence-corrected chi connectivity index (χ0v) is 10.5. The van der Waals surface area contributed by atoms with Crippen molar-refractivity contribution in [1.82, 2.24) is 4.90 Å². The molecule has 1 rings (SSSR count). The Hall–Kier alpha value is -0.530. The summed E-state index contributed by atoms with van der Waals surface area (Å²) in [6.45, 7) is 7.43. The van der Waals surface area contributed by atoms with Gasteiger partial charge in [-0.3, -0.25) is 4.79 Å². The molecule has 2 heteroatoms. The molecule has 15 heavy (non-hydrogen) atoms. The Morgan fingerprint density at radius 1 is 1.47 bits per heavy atom. The van der Waals surface area contributed by atoms with Gasteiger partial charge in [0.05, 0.1) is 0 Å². The summed E-state index contributed by atoms with van der Waals surface area (Å²) >= 11 is 0. The standard InChI is InChI=1S/C13H25NO/c1-4-5-8-11(2)13(15)14-10-7-6-9-12(14)3/h11-12H,4-10H2,1-3H3. The van der Waals surface area contributed by atoms with Gasteiger partial charge in [-0.05, 0) is 32.6 Å². The van der Waals surface area contributed by atoms with Crippen molar-refractivity contribution in [3.05, 3.63) is 0 Å². The maximum absolute atomic E-state index is 12.1. The van der Waals surface area contributed by atoms with Gasteiger partial charge in [-0.25, -0.2) is 0 Å². The Morgan fingerprint density at radius 2 is 2.20 bits per heavy atom. The second-order valence-electron chi connectivity index (χ2n) is 4.92.